The van der Waals surface area contributed by atoms with E-state index < -0.39 is 346 Å². The van der Waals surface area contributed by atoms with Crippen LogP contribution in [0.2, 0.25) is 0 Å². The standard InChI is InChI=1S/C69H52BN5/c1-68(2,3)47-28-34-58-53(38-47)54-39-48(69(4,5)6)29-35-59(54)73(58)50-32-33-55-62(40-50)72(49-30-26-46(27-31-49)45-24-22-44(23-25-45)43-14-8-7-9-15-43)63-36-42(41-71)37-64-65(63)70(55)56-18-13-21-61-67(56)75(64)60-20-12-17-52-51-16-10-11-19-57(51)74(61)66(52)60/h7-40H,1-6H3/i7D,8D,9D,10D,11D,12D,13D,14D,15D,16D,17D,18D,19D,20D,21D,22D,23D,24D,25D,26D,27D,28D,29D,30D,31D,32D,33D,34D,35D,36D,37D,38D,39D,40D. The van der Waals surface area contributed by atoms with E-state index >= 15 is 0 Å². The topological polar surface area (TPSA) is 40.1 Å². The SMILES string of the molecule is [2H]c1c([2H])c([2H])c(-c2c([2H])c([2H])c(-c3c([2H])c([2H])c(N4c5c([2H])c(-n6c7c([2H])c([2H])c(C(C)(C)C)c([2H])c7c7c([2H])c(C(C)(C)C)c([2H])c([2H])c76)c([2H])c([2H])c5B5c6c4c([2H])c(C#N)c([2H])c6N4c6c5c([2H])c([2H])c([2H])c6-n5c6c([2H])c([2H])c([2H])c([2H])c6c6c([2H])c([2H])c([2H])c4c65)c([2H])c3[2H])c([2H])c2[2H])c([2H])c1[2H]. The molecule has 0 saturated carbocycles. The van der Waals surface area contributed by atoms with Crippen LogP contribution in [0, 0.1) is 11.3 Å². The highest BCUT2D eigenvalue weighted by Gasteiger charge is 2.46. The molecule has 0 radical (unpaired) electrons. The Morgan fingerprint density at radius 2 is 0.960 bits per heavy atom. The molecule has 5 nitrogen and oxygen atoms in total. The molecule has 0 aliphatic carbocycles. The van der Waals surface area contributed by atoms with E-state index in [2.05, 4.69) is 0 Å². The highest BCUT2D eigenvalue weighted by molar-refractivity contribution is 7.00. The number of hydrogen-bond acceptors (Lipinski definition) is 3. The number of nitriles is 1. The van der Waals surface area contributed by atoms with Gasteiger partial charge >= 0.3 is 0 Å². The third kappa shape index (κ3) is 6.25. The number of fused-ring (bicyclic) bond motifs is 12. The lowest BCUT2D eigenvalue weighted by Crippen LogP contribution is -2.61. The van der Waals surface area contributed by atoms with Gasteiger partial charge in [0.1, 0.15) is 0 Å². The highest BCUT2D eigenvalue weighted by Crippen LogP contribution is 2.53. The van der Waals surface area contributed by atoms with Crippen molar-refractivity contribution in [2.75, 3.05) is 9.80 Å². The molecule has 0 saturated heterocycles. The van der Waals surface area contributed by atoms with Gasteiger partial charge in [-0.15, -0.1) is 0 Å². The molecule has 0 N–H and O–H groups in total. The lowest BCUT2D eigenvalue weighted by atomic mass is 9.33. The molecule has 75 heavy (non-hydrogen) atoms. The molecule has 0 spiro atoms. The minimum atomic E-state index is -2.15. The molecule has 0 unspecified atom stereocenters. The summed E-state index contributed by atoms with van der Waals surface area (Å²) >= 11 is 0. The maximum Gasteiger partial charge on any atom is 0.252 e. The fraction of sp³-hybridized carbons (Fsp3) is 0.116. The third-order valence-corrected chi connectivity index (χ3v) is 13.6. The highest BCUT2D eigenvalue weighted by atomic mass is 15.2. The maximum atomic E-state index is 11.5. The van der Waals surface area contributed by atoms with Crippen molar-refractivity contribution in [3.63, 3.8) is 0 Å². The van der Waals surface area contributed by atoms with Crippen LogP contribution in [0.15, 0.2) is 205 Å². The van der Waals surface area contributed by atoms with Crippen molar-refractivity contribution in [2.45, 2.75) is 52.4 Å². The number of anilines is 6. The average Bonchev–Trinajstić information content (AvgIpc) is 1.65. The Labute approximate surface area is 485 Å². The number of hydrogen-bond donors (Lipinski definition) is 0. The molecule has 3 aliphatic rings. The fourth-order valence-electron chi connectivity index (χ4n) is 10.2. The summed E-state index contributed by atoms with van der Waals surface area (Å²) in [5.74, 6) is 0. The quantitative estimate of drug-likeness (QED) is 0.165. The van der Waals surface area contributed by atoms with Gasteiger partial charge in [-0.25, -0.2) is 0 Å². The van der Waals surface area contributed by atoms with E-state index in [1.807, 2.05) is 6.07 Å². The first-order valence-electron chi connectivity index (χ1n) is 40.5. The first-order chi connectivity index (χ1) is 50.7. The molecule has 356 valence electrons. The molecule has 12 aromatic rings. The number of nitrogens with zero attached hydrogens (tertiary/aromatic N) is 5. The van der Waals surface area contributed by atoms with Gasteiger partial charge in [0.05, 0.1) is 97.4 Å². The minimum Gasteiger partial charge on any atom is -0.311 e. The predicted octanol–water partition coefficient (Wildman–Crippen LogP) is 16.1. The molecule has 6 heteroatoms. The Morgan fingerprint density at radius 3 is 1.61 bits per heavy atom. The number of benzene rings is 10. The Hall–Kier alpha value is -9.05. The second kappa shape index (κ2) is 15.5. The second-order valence-corrected chi connectivity index (χ2v) is 20.2. The molecule has 15 rings (SSSR count). The van der Waals surface area contributed by atoms with Gasteiger partial charge in [-0.2, -0.15) is 5.26 Å². The van der Waals surface area contributed by atoms with Crippen LogP contribution in [0.25, 0.3) is 77.2 Å². The largest absolute Gasteiger partial charge is 0.311 e. The van der Waals surface area contributed by atoms with Crippen molar-refractivity contribution in [2.24, 2.45) is 0 Å². The van der Waals surface area contributed by atoms with Gasteiger partial charge in [-0.3, -0.25) is 0 Å². The molecule has 10 aromatic carbocycles. The van der Waals surface area contributed by atoms with Gasteiger partial charge in [-0.1, -0.05) is 168 Å². The van der Waals surface area contributed by atoms with E-state index in [4.69, 9.17) is 9.60 Å². The van der Waals surface area contributed by atoms with E-state index in [1.54, 1.807) is 41.5 Å². The zero-order valence-corrected chi connectivity index (χ0v) is 40.3. The molecule has 3 aliphatic heterocycles. The maximum absolute atomic E-state index is 11.5. The number of rotatable bonds is 4. The van der Waals surface area contributed by atoms with Gasteiger partial charge in [0, 0.05) is 50.0 Å². The van der Waals surface area contributed by atoms with Crippen LogP contribution in [0.5, 0.6) is 0 Å². The Balaban J connectivity index is 1.18. The summed E-state index contributed by atoms with van der Waals surface area (Å²) < 4.78 is 329. The summed E-state index contributed by atoms with van der Waals surface area (Å²) in [6.07, 6.45) is 0. The van der Waals surface area contributed by atoms with Crippen LogP contribution in [-0.2, 0) is 10.8 Å². The zero-order valence-electron chi connectivity index (χ0n) is 74.3. The Morgan fingerprint density at radius 1 is 0.413 bits per heavy atom. The van der Waals surface area contributed by atoms with Crippen LogP contribution in [0.4, 0.5) is 34.1 Å². The zero-order chi connectivity index (χ0) is 80.2. The van der Waals surface area contributed by atoms with E-state index in [1.165, 1.54) is 0 Å². The number of para-hydroxylation sites is 3. The van der Waals surface area contributed by atoms with Crippen LogP contribution in [-0.4, -0.2) is 15.8 Å². The minimum absolute atomic E-state index is 0.0407. The molecule has 2 aromatic heterocycles. The van der Waals surface area contributed by atoms with Crippen LogP contribution >= 0.6 is 0 Å². The van der Waals surface area contributed by atoms with Gasteiger partial charge in [0.25, 0.3) is 6.71 Å². The van der Waals surface area contributed by atoms with Gasteiger partial charge < -0.3 is 18.9 Å². The summed E-state index contributed by atoms with van der Waals surface area (Å²) in [6, 6.07) is -29.8. The molecule has 0 fully saturated rings. The normalized spacial score (nSPS) is 19.7. The second-order valence-electron chi connectivity index (χ2n) is 20.2. The van der Waals surface area contributed by atoms with Crippen LogP contribution in [0.1, 0.15) is 105 Å². The average molecular weight is 996 g/mol. The van der Waals surface area contributed by atoms with Gasteiger partial charge in [-0.05, 0) is 139 Å². The van der Waals surface area contributed by atoms with Crippen molar-refractivity contribution in [3.8, 4) is 39.7 Å². The molecular weight excluding hydrogens is 910 g/mol. The van der Waals surface area contributed by atoms with E-state index in [0.717, 1.165) is 14.0 Å². The van der Waals surface area contributed by atoms with Crippen molar-refractivity contribution in [3.05, 3.63) is 222 Å². The lowest BCUT2D eigenvalue weighted by molar-refractivity contribution is 0.590. The Bertz CT molecular complexity index is 6360. The van der Waals surface area contributed by atoms with E-state index in [9.17, 15) is 42.3 Å². The molecule has 0 atom stereocenters. The first kappa shape index (κ1) is 21.4. The smallest absolute Gasteiger partial charge is 0.252 e. The van der Waals surface area contributed by atoms with Crippen LogP contribution < -0.4 is 26.2 Å². The van der Waals surface area contributed by atoms with Crippen LogP contribution in [0.3, 0.4) is 0 Å². The number of aromatic nitrogens is 2. The molecule has 5 heterocycles. The van der Waals surface area contributed by atoms with E-state index in [0.29, 0.717) is 4.90 Å². The summed E-state index contributed by atoms with van der Waals surface area (Å²) in [7, 11) is 0. The monoisotopic (exact) mass is 996 g/mol. The Kier molecular flexibility index (Phi) is 4.43. The summed E-state index contributed by atoms with van der Waals surface area (Å²) in [4.78, 5) is 1.66. The summed E-state index contributed by atoms with van der Waals surface area (Å²) in [5, 5.41) is 10.1. The van der Waals surface area contributed by atoms with Gasteiger partial charge in [0.2, 0.25) is 0 Å². The third-order valence-electron chi connectivity index (χ3n) is 13.6. The van der Waals surface area contributed by atoms with Crippen molar-refractivity contribution >= 4 is 101 Å². The van der Waals surface area contributed by atoms with Crippen molar-refractivity contribution < 1.29 is 46.6 Å². The van der Waals surface area contributed by atoms with E-state index in [-0.39, 0.29) is 21.9 Å². The summed E-state index contributed by atoms with van der Waals surface area (Å²) in [6.45, 7) is 7.76. The predicted molar refractivity (Wildman–Crippen MR) is 316 cm³/mol. The first-order valence-corrected chi connectivity index (χ1v) is 23.5. The summed E-state index contributed by atoms with van der Waals surface area (Å²) in [5.41, 5.74) is -16.7. The fourth-order valence-corrected chi connectivity index (χ4v) is 10.2. The molecule has 0 amide bonds. The van der Waals surface area contributed by atoms with Gasteiger partial charge in [0.15, 0.2) is 0 Å². The molecular formula is C69H52BN5. The molecule has 0 bridgehead atoms. The van der Waals surface area contributed by atoms with Crippen molar-refractivity contribution in [1.82, 2.24) is 9.13 Å². The van der Waals surface area contributed by atoms with Crippen molar-refractivity contribution in [1.29, 1.82) is 5.26 Å². The lowest BCUT2D eigenvalue weighted by Gasteiger charge is -2.46.